The molecule has 3 aromatic carbocycles. The molecule has 0 N–H and O–H groups in total. The second-order valence-corrected chi connectivity index (χ2v) is 10.9. The summed E-state index contributed by atoms with van der Waals surface area (Å²) in [7, 11) is 0. The molecule has 42 heavy (non-hydrogen) atoms. The van der Waals surface area contributed by atoms with Crippen LogP contribution >= 0.6 is 22.9 Å². The highest BCUT2D eigenvalue weighted by molar-refractivity contribution is 7.07. The molecule has 2 heterocycles. The van der Waals surface area contributed by atoms with Gasteiger partial charge in [0.15, 0.2) is 4.80 Å². The number of aryl methyl sites for hydroxylation is 1. The molecule has 1 atom stereocenters. The van der Waals surface area contributed by atoms with Gasteiger partial charge in [-0.05, 0) is 44.5 Å². The largest absolute Gasteiger partial charge is 0.488 e. The number of rotatable bonds is 8. The highest BCUT2D eigenvalue weighted by Crippen LogP contribution is 2.33. The van der Waals surface area contributed by atoms with E-state index >= 15 is 0 Å². The Morgan fingerprint density at radius 2 is 1.88 bits per heavy atom. The molecule has 0 saturated carbocycles. The molecule has 1 aromatic heterocycles. The average Bonchev–Trinajstić information content (AvgIpc) is 3.26. The zero-order chi connectivity index (χ0) is 30.0. The van der Waals surface area contributed by atoms with Gasteiger partial charge < -0.3 is 9.47 Å². The maximum Gasteiger partial charge on any atom is 0.338 e. The van der Waals surface area contributed by atoms with Crippen LogP contribution in [0.25, 0.3) is 6.08 Å². The van der Waals surface area contributed by atoms with Crippen LogP contribution in [0.4, 0.5) is 5.69 Å². The van der Waals surface area contributed by atoms with Gasteiger partial charge in [0.25, 0.3) is 11.2 Å². The lowest BCUT2D eigenvalue weighted by Gasteiger charge is -2.24. The third-order valence-electron chi connectivity index (χ3n) is 6.81. The van der Waals surface area contributed by atoms with Crippen molar-refractivity contribution in [2.75, 3.05) is 6.61 Å². The van der Waals surface area contributed by atoms with E-state index in [2.05, 4.69) is 4.99 Å². The zero-order valence-electron chi connectivity index (χ0n) is 23.0. The van der Waals surface area contributed by atoms with Gasteiger partial charge in [-0.15, -0.1) is 0 Å². The van der Waals surface area contributed by atoms with E-state index in [1.165, 1.54) is 10.6 Å². The lowest BCUT2D eigenvalue weighted by molar-refractivity contribution is -0.385. The van der Waals surface area contributed by atoms with Crippen molar-refractivity contribution in [3.63, 3.8) is 0 Å². The van der Waals surface area contributed by atoms with Crippen LogP contribution in [0.2, 0.25) is 5.02 Å². The summed E-state index contributed by atoms with van der Waals surface area (Å²) < 4.78 is 13.1. The number of halogens is 1. The summed E-state index contributed by atoms with van der Waals surface area (Å²) in [5, 5.41) is 12.3. The van der Waals surface area contributed by atoms with Crippen LogP contribution in [0.3, 0.4) is 0 Å². The molecule has 0 amide bonds. The molecular formula is C31H26ClN3O6S. The topological polar surface area (TPSA) is 113 Å². The first-order valence-electron chi connectivity index (χ1n) is 13.1. The van der Waals surface area contributed by atoms with Crippen molar-refractivity contribution in [2.24, 2.45) is 4.99 Å². The normalized spacial score (nSPS) is 14.8. The summed E-state index contributed by atoms with van der Waals surface area (Å²) in [5.41, 5.74) is 2.36. The highest BCUT2D eigenvalue weighted by Gasteiger charge is 2.34. The Labute approximate surface area is 249 Å². The van der Waals surface area contributed by atoms with Crippen molar-refractivity contribution in [3.8, 4) is 5.75 Å². The van der Waals surface area contributed by atoms with Crippen LogP contribution in [0.5, 0.6) is 5.75 Å². The molecule has 4 aromatic rings. The van der Waals surface area contributed by atoms with Gasteiger partial charge in [-0.2, -0.15) is 0 Å². The molecule has 9 nitrogen and oxygen atoms in total. The van der Waals surface area contributed by atoms with E-state index < -0.39 is 22.5 Å². The fourth-order valence-electron chi connectivity index (χ4n) is 4.74. The van der Waals surface area contributed by atoms with E-state index in [9.17, 15) is 19.7 Å². The minimum atomic E-state index is -0.964. The number of thiazole rings is 1. The predicted octanol–water partition coefficient (Wildman–Crippen LogP) is 5.25. The molecule has 11 heteroatoms. The number of benzene rings is 3. The van der Waals surface area contributed by atoms with Gasteiger partial charge in [0.1, 0.15) is 12.4 Å². The summed E-state index contributed by atoms with van der Waals surface area (Å²) in [6.45, 7) is 5.33. The number of carbonyl (C=O) groups excluding carboxylic acids is 1. The number of nitro benzene ring substituents is 1. The number of hydrogen-bond donors (Lipinski definition) is 0. The molecule has 1 aliphatic heterocycles. The van der Waals surface area contributed by atoms with Crippen molar-refractivity contribution < 1.29 is 19.2 Å². The van der Waals surface area contributed by atoms with Gasteiger partial charge in [-0.25, -0.2) is 9.79 Å². The molecule has 0 radical (unpaired) electrons. The van der Waals surface area contributed by atoms with Crippen LogP contribution in [0.1, 0.15) is 42.1 Å². The second-order valence-electron chi connectivity index (χ2n) is 9.52. The third-order valence-corrected chi connectivity index (χ3v) is 8.16. The van der Waals surface area contributed by atoms with Crippen molar-refractivity contribution in [1.29, 1.82) is 0 Å². The number of ether oxygens (including phenoxy) is 2. The van der Waals surface area contributed by atoms with Crippen molar-refractivity contribution >= 4 is 40.7 Å². The molecule has 5 rings (SSSR count). The molecule has 0 bridgehead atoms. The Morgan fingerprint density at radius 1 is 1.14 bits per heavy atom. The number of nitro groups is 1. The first-order chi connectivity index (χ1) is 20.2. The number of hydrogen-bond acceptors (Lipinski definition) is 8. The van der Waals surface area contributed by atoms with Gasteiger partial charge in [-0.1, -0.05) is 71.5 Å². The Hall–Kier alpha value is -4.54. The number of fused-ring (bicyclic) bond motifs is 1. The minimum absolute atomic E-state index is 0.114. The number of para-hydroxylation sites is 1. The zero-order valence-corrected chi connectivity index (χ0v) is 24.6. The number of nitrogens with zero attached hydrogens (tertiary/aromatic N) is 3. The third kappa shape index (κ3) is 5.63. The van der Waals surface area contributed by atoms with Gasteiger partial charge >= 0.3 is 5.97 Å². The van der Waals surface area contributed by atoms with E-state index in [4.69, 9.17) is 21.1 Å². The SMILES string of the molecule is CCOC(=O)C1=C(C)N=c2s/c(=C/c3ccccc3OCc3ccccc3Cl)c(=O)n2[C@H]1c1ccc(C)c([N+](=O)[O-])c1. The molecule has 0 spiro atoms. The van der Waals surface area contributed by atoms with Crippen LogP contribution in [0, 0.1) is 17.0 Å². The summed E-state index contributed by atoms with van der Waals surface area (Å²) in [6.07, 6.45) is 1.71. The second kappa shape index (κ2) is 12.1. The van der Waals surface area contributed by atoms with Gasteiger partial charge in [0.2, 0.25) is 0 Å². The molecule has 0 aliphatic carbocycles. The van der Waals surface area contributed by atoms with E-state index in [1.54, 1.807) is 51.1 Å². The monoisotopic (exact) mass is 603 g/mol. The summed E-state index contributed by atoms with van der Waals surface area (Å²) >= 11 is 7.45. The van der Waals surface area contributed by atoms with Crippen LogP contribution in [-0.2, 0) is 16.1 Å². The number of aromatic nitrogens is 1. The van der Waals surface area contributed by atoms with Crippen LogP contribution in [0.15, 0.2) is 87.8 Å². The van der Waals surface area contributed by atoms with Gasteiger partial charge in [0.05, 0.1) is 33.4 Å². The molecule has 214 valence electrons. The summed E-state index contributed by atoms with van der Waals surface area (Å²) in [5.74, 6) is -0.0862. The number of carbonyl (C=O) groups is 1. The smallest absolute Gasteiger partial charge is 0.338 e. The quantitative estimate of drug-likeness (QED) is 0.154. The molecule has 0 fully saturated rings. The maximum absolute atomic E-state index is 14.0. The van der Waals surface area contributed by atoms with Crippen molar-refractivity contribution in [3.05, 3.63) is 135 Å². The van der Waals surface area contributed by atoms with Crippen LogP contribution < -0.4 is 19.6 Å². The standard InChI is InChI=1S/C31H26ClN3O6S/c1-4-40-30(37)27-19(3)33-31-34(28(27)21-14-13-18(2)24(15-21)35(38)39)29(36)26(42-31)16-20-9-6-8-12-25(20)41-17-22-10-5-7-11-23(22)32/h5-16,28H,4,17H2,1-3H3/b26-16+/t28-/m0/s1. The molecule has 1 aliphatic rings. The predicted molar refractivity (Wildman–Crippen MR) is 160 cm³/mol. The Morgan fingerprint density at radius 3 is 2.62 bits per heavy atom. The van der Waals surface area contributed by atoms with Crippen molar-refractivity contribution in [2.45, 2.75) is 33.4 Å². The Bertz CT molecular complexity index is 1930. The van der Waals surface area contributed by atoms with E-state index in [0.717, 1.165) is 16.9 Å². The van der Waals surface area contributed by atoms with E-state index in [1.807, 2.05) is 36.4 Å². The first kappa shape index (κ1) is 29.0. The lowest BCUT2D eigenvalue weighted by atomic mass is 9.94. The van der Waals surface area contributed by atoms with E-state index in [-0.39, 0.29) is 24.5 Å². The number of esters is 1. The summed E-state index contributed by atoms with van der Waals surface area (Å²) in [6, 6.07) is 18.4. The molecule has 0 saturated heterocycles. The highest BCUT2D eigenvalue weighted by atomic mass is 35.5. The van der Waals surface area contributed by atoms with Gasteiger partial charge in [-0.3, -0.25) is 19.5 Å². The first-order valence-corrected chi connectivity index (χ1v) is 14.3. The fraction of sp³-hybridized carbons (Fsp3) is 0.194. The van der Waals surface area contributed by atoms with Crippen LogP contribution in [-0.4, -0.2) is 22.1 Å². The Balaban J connectivity index is 1.64. The van der Waals surface area contributed by atoms with Crippen molar-refractivity contribution in [1.82, 2.24) is 4.57 Å². The molecular weight excluding hydrogens is 578 g/mol. The van der Waals surface area contributed by atoms with E-state index in [0.29, 0.717) is 42.5 Å². The average molecular weight is 604 g/mol. The number of allylic oxidation sites excluding steroid dienone is 1. The Kier molecular flexibility index (Phi) is 8.37. The molecule has 0 unspecified atom stereocenters. The lowest BCUT2D eigenvalue weighted by Crippen LogP contribution is -2.40. The fourth-order valence-corrected chi connectivity index (χ4v) is 5.97. The minimum Gasteiger partial charge on any atom is -0.488 e. The van der Waals surface area contributed by atoms with Gasteiger partial charge in [0, 0.05) is 27.8 Å². The maximum atomic E-state index is 14.0. The summed E-state index contributed by atoms with van der Waals surface area (Å²) in [4.78, 5) is 43.3.